The number of likely N-dealkylation sites (tertiary alicyclic amines) is 1. The maximum absolute atomic E-state index is 12.3. The highest BCUT2D eigenvalue weighted by atomic mass is 35.5. The second-order valence-corrected chi connectivity index (χ2v) is 5.33. The second kappa shape index (κ2) is 6.17. The second-order valence-electron chi connectivity index (χ2n) is 4.80. The number of carbonyl (C=O) groups excluding carboxylic acids is 1. The molecule has 0 radical (unpaired) electrons. The summed E-state index contributed by atoms with van der Waals surface area (Å²) in [5.41, 5.74) is 0.831. The molecule has 3 heteroatoms. The van der Waals surface area contributed by atoms with Crippen LogP contribution in [-0.4, -0.2) is 30.3 Å². The topological polar surface area (TPSA) is 20.3 Å². The van der Waals surface area contributed by atoms with Gasteiger partial charge in [-0.25, -0.2) is 0 Å². The molecule has 0 atom stereocenters. The van der Waals surface area contributed by atoms with Gasteiger partial charge < -0.3 is 0 Å². The Morgan fingerprint density at radius 1 is 1.28 bits per heavy atom. The van der Waals surface area contributed by atoms with Gasteiger partial charge in [-0.05, 0) is 25.9 Å². The minimum Gasteiger partial charge on any atom is -0.298 e. The van der Waals surface area contributed by atoms with Gasteiger partial charge >= 0.3 is 0 Å². The van der Waals surface area contributed by atoms with E-state index >= 15 is 0 Å². The Morgan fingerprint density at radius 3 is 2.44 bits per heavy atom. The van der Waals surface area contributed by atoms with E-state index in [2.05, 4.69) is 11.5 Å². The molecule has 1 aromatic carbocycles. The van der Waals surface area contributed by atoms with Gasteiger partial charge in [0, 0.05) is 23.1 Å². The van der Waals surface area contributed by atoms with Gasteiger partial charge in [0.25, 0.3) is 0 Å². The van der Waals surface area contributed by atoms with Gasteiger partial charge in [-0.3, -0.25) is 9.69 Å². The number of rotatable bonds is 4. The smallest absolute Gasteiger partial charge is 0.166 e. The number of hydrogen-bond donors (Lipinski definition) is 0. The van der Waals surface area contributed by atoms with Crippen molar-refractivity contribution in [2.45, 2.75) is 12.8 Å². The van der Waals surface area contributed by atoms with Crippen molar-refractivity contribution in [3.8, 4) is 0 Å². The standard InChI is InChI=1S/C15H18ClNO/c1-12(16)11-17-9-7-14(8-10-17)15(18)13-5-3-2-4-6-13/h2-6,14H,1,7-11H2. The van der Waals surface area contributed by atoms with Crippen molar-refractivity contribution < 1.29 is 4.79 Å². The van der Waals surface area contributed by atoms with Crippen LogP contribution in [0, 0.1) is 5.92 Å². The number of carbonyl (C=O) groups is 1. The lowest BCUT2D eigenvalue weighted by molar-refractivity contribution is 0.0848. The highest BCUT2D eigenvalue weighted by Crippen LogP contribution is 2.22. The summed E-state index contributed by atoms with van der Waals surface area (Å²) in [7, 11) is 0. The average Bonchev–Trinajstić information content (AvgIpc) is 2.39. The van der Waals surface area contributed by atoms with E-state index < -0.39 is 0 Å². The Balaban J connectivity index is 1.90. The SMILES string of the molecule is C=C(Cl)CN1CCC(C(=O)c2ccccc2)CC1. The largest absolute Gasteiger partial charge is 0.298 e. The minimum absolute atomic E-state index is 0.159. The molecule has 2 rings (SSSR count). The number of Topliss-reactive ketones (excluding diaryl/α,β-unsaturated/α-hetero) is 1. The first-order valence-electron chi connectivity index (χ1n) is 6.31. The number of ketones is 1. The zero-order chi connectivity index (χ0) is 13.0. The predicted molar refractivity (Wildman–Crippen MR) is 74.9 cm³/mol. The maximum Gasteiger partial charge on any atom is 0.166 e. The molecule has 1 aliphatic rings. The van der Waals surface area contributed by atoms with Crippen molar-refractivity contribution in [2.24, 2.45) is 5.92 Å². The summed E-state index contributed by atoms with van der Waals surface area (Å²) in [6.07, 6.45) is 1.83. The Hall–Kier alpha value is -1.12. The van der Waals surface area contributed by atoms with Crippen LogP contribution in [0.5, 0.6) is 0 Å². The van der Waals surface area contributed by atoms with Gasteiger partial charge in [-0.2, -0.15) is 0 Å². The molecule has 1 aliphatic heterocycles. The Bertz CT molecular complexity index is 421. The zero-order valence-electron chi connectivity index (χ0n) is 10.4. The van der Waals surface area contributed by atoms with Crippen molar-refractivity contribution in [1.29, 1.82) is 0 Å². The van der Waals surface area contributed by atoms with E-state index in [1.54, 1.807) is 0 Å². The lowest BCUT2D eigenvalue weighted by Gasteiger charge is -2.30. The first-order valence-corrected chi connectivity index (χ1v) is 6.69. The number of nitrogens with zero attached hydrogens (tertiary/aromatic N) is 1. The molecule has 0 aromatic heterocycles. The summed E-state index contributed by atoms with van der Waals surface area (Å²) in [6.45, 7) is 6.29. The Labute approximate surface area is 113 Å². The third-order valence-corrected chi connectivity index (χ3v) is 3.53. The number of piperidine rings is 1. The van der Waals surface area contributed by atoms with Gasteiger partial charge in [-0.1, -0.05) is 48.5 Å². The molecule has 2 nitrogen and oxygen atoms in total. The highest BCUT2D eigenvalue weighted by Gasteiger charge is 2.25. The van der Waals surface area contributed by atoms with E-state index in [0.717, 1.165) is 38.0 Å². The molecule has 1 fully saturated rings. The maximum atomic E-state index is 12.3. The molecule has 0 saturated carbocycles. The number of hydrogen-bond acceptors (Lipinski definition) is 2. The van der Waals surface area contributed by atoms with Gasteiger partial charge in [0.2, 0.25) is 0 Å². The summed E-state index contributed by atoms with van der Waals surface area (Å²) in [5.74, 6) is 0.437. The molecule has 0 aliphatic carbocycles. The molecule has 1 heterocycles. The predicted octanol–water partition coefficient (Wildman–Crippen LogP) is 3.33. The van der Waals surface area contributed by atoms with Crippen molar-refractivity contribution in [1.82, 2.24) is 4.90 Å². The van der Waals surface area contributed by atoms with Crippen LogP contribution in [0.4, 0.5) is 0 Å². The first kappa shape index (κ1) is 13.3. The molecule has 0 spiro atoms. The van der Waals surface area contributed by atoms with Crippen molar-refractivity contribution in [2.75, 3.05) is 19.6 Å². The summed E-state index contributed by atoms with van der Waals surface area (Å²) < 4.78 is 0. The van der Waals surface area contributed by atoms with Crippen LogP contribution in [-0.2, 0) is 0 Å². The number of halogens is 1. The molecule has 0 bridgehead atoms. The summed E-state index contributed by atoms with van der Waals surface area (Å²) >= 11 is 5.80. The quantitative estimate of drug-likeness (QED) is 0.777. The van der Waals surface area contributed by atoms with E-state index in [1.807, 2.05) is 30.3 Å². The molecule has 0 amide bonds. The summed E-state index contributed by atoms with van der Waals surface area (Å²) in [5, 5.41) is 0.669. The molecule has 0 N–H and O–H groups in total. The van der Waals surface area contributed by atoms with E-state index in [9.17, 15) is 4.79 Å². The fourth-order valence-corrected chi connectivity index (χ4v) is 2.60. The molecule has 18 heavy (non-hydrogen) atoms. The third-order valence-electron chi connectivity index (χ3n) is 3.41. The van der Waals surface area contributed by atoms with E-state index in [1.165, 1.54) is 0 Å². The minimum atomic E-state index is 0.159. The Morgan fingerprint density at radius 2 is 1.89 bits per heavy atom. The lowest BCUT2D eigenvalue weighted by atomic mass is 9.89. The van der Waals surface area contributed by atoms with Crippen LogP contribution in [0.3, 0.4) is 0 Å². The van der Waals surface area contributed by atoms with Crippen LogP contribution in [0.15, 0.2) is 41.9 Å². The van der Waals surface area contributed by atoms with Crippen molar-refractivity contribution >= 4 is 17.4 Å². The van der Waals surface area contributed by atoms with Gasteiger partial charge in [0.15, 0.2) is 5.78 Å². The molecular weight excluding hydrogens is 246 g/mol. The monoisotopic (exact) mass is 263 g/mol. The van der Waals surface area contributed by atoms with Gasteiger partial charge in [-0.15, -0.1) is 0 Å². The van der Waals surface area contributed by atoms with Crippen LogP contribution < -0.4 is 0 Å². The van der Waals surface area contributed by atoms with E-state index in [-0.39, 0.29) is 11.7 Å². The fraction of sp³-hybridized carbons (Fsp3) is 0.400. The highest BCUT2D eigenvalue weighted by molar-refractivity contribution is 6.29. The molecule has 96 valence electrons. The summed E-state index contributed by atoms with van der Waals surface area (Å²) in [6, 6.07) is 9.57. The van der Waals surface area contributed by atoms with Crippen molar-refractivity contribution in [3.63, 3.8) is 0 Å². The zero-order valence-corrected chi connectivity index (χ0v) is 11.2. The van der Waals surface area contributed by atoms with Crippen LogP contribution in [0.1, 0.15) is 23.2 Å². The summed E-state index contributed by atoms with van der Waals surface area (Å²) in [4.78, 5) is 14.5. The van der Waals surface area contributed by atoms with Gasteiger partial charge in [0.05, 0.1) is 0 Å². The van der Waals surface area contributed by atoms with Crippen LogP contribution in [0.25, 0.3) is 0 Å². The van der Waals surface area contributed by atoms with E-state index in [4.69, 9.17) is 11.6 Å². The normalized spacial score (nSPS) is 17.6. The molecule has 1 aromatic rings. The molecule has 0 unspecified atom stereocenters. The first-order chi connectivity index (χ1) is 8.66. The van der Waals surface area contributed by atoms with E-state index in [0.29, 0.717) is 5.03 Å². The third kappa shape index (κ3) is 3.44. The lowest BCUT2D eigenvalue weighted by Crippen LogP contribution is -2.36. The van der Waals surface area contributed by atoms with Gasteiger partial charge in [0.1, 0.15) is 0 Å². The van der Waals surface area contributed by atoms with Crippen LogP contribution >= 0.6 is 11.6 Å². The Kier molecular flexibility index (Phi) is 4.56. The van der Waals surface area contributed by atoms with Crippen molar-refractivity contribution in [3.05, 3.63) is 47.5 Å². The molecule has 1 saturated heterocycles. The van der Waals surface area contributed by atoms with Crippen LogP contribution in [0.2, 0.25) is 0 Å². The average molecular weight is 264 g/mol. The fourth-order valence-electron chi connectivity index (χ4n) is 2.43. The number of benzene rings is 1. The molecular formula is C15H18ClNO.